The fourth-order valence-corrected chi connectivity index (χ4v) is 3.81. The molecule has 146 valence electrons. The van der Waals surface area contributed by atoms with E-state index in [9.17, 15) is 18.5 Å². The minimum absolute atomic E-state index is 0.0377. The maximum absolute atomic E-state index is 12.2. The highest BCUT2D eigenvalue weighted by Crippen LogP contribution is 2.34. The number of pyridine rings is 1. The number of rotatable bonds is 6. The van der Waals surface area contributed by atoms with Gasteiger partial charge in [-0.1, -0.05) is 12.1 Å². The number of sulfonamides is 1. The number of nitro groups is 1. The first-order valence-corrected chi connectivity index (χ1v) is 9.97. The van der Waals surface area contributed by atoms with Gasteiger partial charge in [-0.2, -0.15) is 0 Å². The van der Waals surface area contributed by atoms with E-state index in [0.29, 0.717) is 16.6 Å². The zero-order valence-electron chi connectivity index (χ0n) is 15.7. The third-order valence-corrected chi connectivity index (χ3v) is 6.30. The fraction of sp³-hybridized carbons (Fsp3) is 0.211. The van der Waals surface area contributed by atoms with Gasteiger partial charge in [0.25, 0.3) is 0 Å². The van der Waals surface area contributed by atoms with E-state index in [1.807, 2.05) is 6.92 Å². The SMILES string of the molecule is CC(Nc1ccc2ncccc2c1[N+](=O)[O-])c1ccc(S(=O)(=O)N(C)C)cc1. The third-order valence-electron chi connectivity index (χ3n) is 4.47. The lowest BCUT2D eigenvalue weighted by Crippen LogP contribution is -2.22. The first kappa shape index (κ1) is 19.7. The lowest BCUT2D eigenvalue weighted by molar-refractivity contribution is -0.382. The van der Waals surface area contributed by atoms with Gasteiger partial charge in [-0.3, -0.25) is 15.1 Å². The number of benzene rings is 2. The average Bonchev–Trinajstić information content (AvgIpc) is 2.67. The minimum Gasteiger partial charge on any atom is -0.373 e. The topological polar surface area (TPSA) is 105 Å². The highest BCUT2D eigenvalue weighted by molar-refractivity contribution is 7.89. The van der Waals surface area contributed by atoms with Crippen molar-refractivity contribution in [2.75, 3.05) is 19.4 Å². The number of fused-ring (bicyclic) bond motifs is 1. The molecule has 0 radical (unpaired) electrons. The van der Waals surface area contributed by atoms with Crippen LogP contribution in [0.4, 0.5) is 11.4 Å². The Morgan fingerprint density at radius 1 is 1.11 bits per heavy atom. The van der Waals surface area contributed by atoms with Crippen molar-refractivity contribution in [3.8, 4) is 0 Å². The van der Waals surface area contributed by atoms with Gasteiger partial charge in [0.05, 0.1) is 20.7 Å². The average molecular weight is 400 g/mol. The minimum atomic E-state index is -3.50. The van der Waals surface area contributed by atoms with E-state index in [1.54, 1.807) is 42.6 Å². The highest BCUT2D eigenvalue weighted by Gasteiger charge is 2.21. The standard InChI is InChI=1S/C19H20N4O4S/c1-13(14-6-8-15(9-7-14)28(26,27)22(2)3)21-18-11-10-17-16(5-4-12-20-17)19(18)23(24)25/h4-13,21H,1-3H3. The second kappa shape index (κ2) is 7.53. The molecule has 28 heavy (non-hydrogen) atoms. The molecular formula is C19H20N4O4S. The number of hydrogen-bond acceptors (Lipinski definition) is 6. The Balaban J connectivity index is 1.92. The summed E-state index contributed by atoms with van der Waals surface area (Å²) in [5.41, 5.74) is 1.69. The summed E-state index contributed by atoms with van der Waals surface area (Å²) in [4.78, 5) is 15.6. The molecule has 0 amide bonds. The van der Waals surface area contributed by atoms with Crippen LogP contribution in [0.1, 0.15) is 18.5 Å². The Hall–Kier alpha value is -3.04. The van der Waals surface area contributed by atoms with E-state index in [2.05, 4.69) is 10.3 Å². The van der Waals surface area contributed by atoms with Gasteiger partial charge in [-0.25, -0.2) is 12.7 Å². The van der Waals surface area contributed by atoms with Gasteiger partial charge < -0.3 is 5.32 Å². The molecule has 8 nitrogen and oxygen atoms in total. The molecule has 1 unspecified atom stereocenters. The maximum Gasteiger partial charge on any atom is 0.301 e. The number of nitrogens with one attached hydrogen (secondary N) is 1. The molecule has 2 aromatic carbocycles. The molecule has 1 N–H and O–H groups in total. The van der Waals surface area contributed by atoms with Gasteiger partial charge in [0.15, 0.2) is 0 Å². The fourth-order valence-electron chi connectivity index (χ4n) is 2.91. The molecule has 0 bridgehead atoms. The molecule has 0 aliphatic heterocycles. The van der Waals surface area contributed by atoms with Crippen molar-refractivity contribution < 1.29 is 13.3 Å². The number of nitro benzene ring substituents is 1. The van der Waals surface area contributed by atoms with Crippen LogP contribution in [-0.2, 0) is 10.0 Å². The van der Waals surface area contributed by atoms with Crippen molar-refractivity contribution in [3.05, 3.63) is 70.4 Å². The van der Waals surface area contributed by atoms with Crippen molar-refractivity contribution in [1.82, 2.24) is 9.29 Å². The summed E-state index contributed by atoms with van der Waals surface area (Å²) in [7, 11) is -0.557. The van der Waals surface area contributed by atoms with Crippen LogP contribution in [0.2, 0.25) is 0 Å². The van der Waals surface area contributed by atoms with E-state index in [4.69, 9.17) is 0 Å². The van der Waals surface area contributed by atoms with E-state index in [1.165, 1.54) is 26.2 Å². The van der Waals surface area contributed by atoms with E-state index in [-0.39, 0.29) is 16.6 Å². The van der Waals surface area contributed by atoms with Crippen molar-refractivity contribution in [2.24, 2.45) is 0 Å². The van der Waals surface area contributed by atoms with E-state index in [0.717, 1.165) is 9.87 Å². The Bertz CT molecular complexity index is 1130. The van der Waals surface area contributed by atoms with Crippen molar-refractivity contribution in [3.63, 3.8) is 0 Å². The molecule has 1 heterocycles. The van der Waals surface area contributed by atoms with Crippen LogP contribution in [0, 0.1) is 10.1 Å². The van der Waals surface area contributed by atoms with Crippen LogP contribution < -0.4 is 5.32 Å². The number of aromatic nitrogens is 1. The Morgan fingerprint density at radius 3 is 2.39 bits per heavy atom. The summed E-state index contributed by atoms with van der Waals surface area (Å²) in [6.45, 7) is 1.85. The quantitative estimate of drug-likeness (QED) is 0.501. The lowest BCUT2D eigenvalue weighted by atomic mass is 10.1. The highest BCUT2D eigenvalue weighted by atomic mass is 32.2. The normalized spacial score (nSPS) is 12.9. The predicted octanol–water partition coefficient (Wildman–Crippen LogP) is 3.57. The number of anilines is 1. The largest absolute Gasteiger partial charge is 0.373 e. The number of hydrogen-bond donors (Lipinski definition) is 1. The summed E-state index contributed by atoms with van der Waals surface area (Å²) < 4.78 is 25.5. The van der Waals surface area contributed by atoms with Crippen molar-refractivity contribution in [2.45, 2.75) is 17.9 Å². The molecule has 0 spiro atoms. The van der Waals surface area contributed by atoms with Gasteiger partial charge >= 0.3 is 5.69 Å². The first-order chi connectivity index (χ1) is 13.2. The van der Waals surface area contributed by atoms with Crippen molar-refractivity contribution >= 4 is 32.3 Å². The Labute approximate surface area is 163 Å². The van der Waals surface area contributed by atoms with Crippen LogP contribution >= 0.6 is 0 Å². The summed E-state index contributed by atoms with van der Waals surface area (Å²) in [6, 6.07) is 12.9. The predicted molar refractivity (Wildman–Crippen MR) is 108 cm³/mol. The summed E-state index contributed by atoms with van der Waals surface area (Å²) in [5, 5.41) is 15.2. The first-order valence-electron chi connectivity index (χ1n) is 8.53. The summed E-state index contributed by atoms with van der Waals surface area (Å²) >= 11 is 0. The maximum atomic E-state index is 12.2. The molecule has 1 atom stereocenters. The van der Waals surface area contributed by atoms with Crippen LogP contribution in [0.15, 0.2) is 59.6 Å². The Morgan fingerprint density at radius 2 is 1.79 bits per heavy atom. The molecule has 0 saturated heterocycles. The number of nitrogens with zero attached hydrogens (tertiary/aromatic N) is 3. The molecular weight excluding hydrogens is 380 g/mol. The molecule has 3 rings (SSSR count). The smallest absolute Gasteiger partial charge is 0.301 e. The van der Waals surface area contributed by atoms with Crippen LogP contribution in [0.25, 0.3) is 10.9 Å². The van der Waals surface area contributed by atoms with E-state index < -0.39 is 14.9 Å². The molecule has 9 heteroatoms. The molecule has 0 saturated carbocycles. The summed E-state index contributed by atoms with van der Waals surface area (Å²) in [5.74, 6) is 0. The van der Waals surface area contributed by atoms with Gasteiger partial charge in [0.2, 0.25) is 10.0 Å². The lowest BCUT2D eigenvalue weighted by Gasteiger charge is -2.17. The third kappa shape index (κ3) is 3.67. The zero-order valence-corrected chi connectivity index (χ0v) is 16.5. The molecule has 0 aliphatic carbocycles. The van der Waals surface area contributed by atoms with Crippen molar-refractivity contribution in [1.29, 1.82) is 0 Å². The van der Waals surface area contributed by atoms with Gasteiger partial charge in [-0.15, -0.1) is 0 Å². The van der Waals surface area contributed by atoms with Gasteiger partial charge in [-0.05, 0) is 48.9 Å². The van der Waals surface area contributed by atoms with Crippen LogP contribution in [0.5, 0.6) is 0 Å². The second-order valence-electron chi connectivity index (χ2n) is 6.51. The monoisotopic (exact) mass is 400 g/mol. The Kier molecular flexibility index (Phi) is 5.30. The molecule has 3 aromatic rings. The molecule has 0 aliphatic rings. The van der Waals surface area contributed by atoms with E-state index >= 15 is 0 Å². The second-order valence-corrected chi connectivity index (χ2v) is 8.66. The van der Waals surface area contributed by atoms with Crippen LogP contribution in [0.3, 0.4) is 0 Å². The molecule has 0 fully saturated rings. The van der Waals surface area contributed by atoms with Gasteiger partial charge in [0, 0.05) is 26.3 Å². The zero-order chi connectivity index (χ0) is 20.5. The van der Waals surface area contributed by atoms with Crippen LogP contribution in [-0.4, -0.2) is 36.7 Å². The summed E-state index contributed by atoms with van der Waals surface area (Å²) in [6.07, 6.45) is 1.59. The molecule has 1 aromatic heterocycles. The van der Waals surface area contributed by atoms with Gasteiger partial charge in [0.1, 0.15) is 5.69 Å².